The Morgan fingerprint density at radius 1 is 0.880 bits per heavy atom. The lowest BCUT2D eigenvalue weighted by molar-refractivity contribution is -0.136. The summed E-state index contributed by atoms with van der Waals surface area (Å²) in [6.45, 7) is 7.31. The van der Waals surface area contributed by atoms with E-state index < -0.39 is 11.8 Å². The van der Waals surface area contributed by atoms with E-state index in [0.29, 0.717) is 12.2 Å². The van der Waals surface area contributed by atoms with Crippen LogP contribution >= 0.6 is 0 Å². The van der Waals surface area contributed by atoms with Crippen molar-refractivity contribution in [1.29, 1.82) is 0 Å². The van der Waals surface area contributed by atoms with Crippen LogP contribution in [-0.4, -0.2) is 29.8 Å². The number of nitrogens with zero attached hydrogens (tertiary/aromatic N) is 1. The fraction of sp³-hybridized carbons (Fsp3) is 0.300. The summed E-state index contributed by atoms with van der Waals surface area (Å²) in [6.07, 6.45) is 0. The van der Waals surface area contributed by atoms with Crippen molar-refractivity contribution in [2.75, 3.05) is 18.4 Å². The molecule has 0 spiro atoms. The summed E-state index contributed by atoms with van der Waals surface area (Å²) in [4.78, 5) is 26.3. The first kappa shape index (κ1) is 18.7. The summed E-state index contributed by atoms with van der Waals surface area (Å²) in [7, 11) is 0. The number of carbonyl (C=O) groups excluding carboxylic acids is 2. The van der Waals surface area contributed by atoms with Gasteiger partial charge < -0.3 is 10.6 Å². The lowest BCUT2D eigenvalue weighted by Crippen LogP contribution is -2.35. The Hall–Kier alpha value is -2.66. The highest BCUT2D eigenvalue weighted by molar-refractivity contribution is 6.39. The van der Waals surface area contributed by atoms with Gasteiger partial charge in [0.1, 0.15) is 0 Å². The van der Waals surface area contributed by atoms with Crippen molar-refractivity contribution in [2.45, 2.75) is 26.9 Å². The minimum atomic E-state index is -0.657. The van der Waals surface area contributed by atoms with Gasteiger partial charge >= 0.3 is 11.8 Å². The second-order valence-corrected chi connectivity index (χ2v) is 5.78. The highest BCUT2D eigenvalue weighted by atomic mass is 16.2. The van der Waals surface area contributed by atoms with Crippen molar-refractivity contribution < 1.29 is 9.59 Å². The third-order valence-corrected chi connectivity index (χ3v) is 3.99. The van der Waals surface area contributed by atoms with Crippen LogP contribution in [0.4, 0.5) is 5.69 Å². The highest BCUT2D eigenvalue weighted by Gasteiger charge is 2.13. The van der Waals surface area contributed by atoms with E-state index in [2.05, 4.69) is 29.4 Å². The molecule has 0 bridgehead atoms. The zero-order valence-corrected chi connectivity index (χ0v) is 14.8. The monoisotopic (exact) mass is 339 g/mol. The summed E-state index contributed by atoms with van der Waals surface area (Å²) in [5.74, 6) is -1.30. The maximum Gasteiger partial charge on any atom is 0.313 e. The Labute approximate surface area is 149 Å². The van der Waals surface area contributed by atoms with Crippen molar-refractivity contribution in [3.05, 3.63) is 65.7 Å². The molecule has 0 aromatic heterocycles. The van der Waals surface area contributed by atoms with E-state index in [1.165, 1.54) is 0 Å². The first-order valence-electron chi connectivity index (χ1n) is 8.56. The Morgan fingerprint density at radius 2 is 1.56 bits per heavy atom. The molecule has 0 aliphatic heterocycles. The Balaban J connectivity index is 1.90. The van der Waals surface area contributed by atoms with Crippen LogP contribution in [0.25, 0.3) is 0 Å². The predicted molar refractivity (Wildman–Crippen MR) is 100.0 cm³/mol. The minimum absolute atomic E-state index is 0.328. The van der Waals surface area contributed by atoms with Crippen LogP contribution in [-0.2, 0) is 22.7 Å². The van der Waals surface area contributed by atoms with Crippen molar-refractivity contribution in [2.24, 2.45) is 0 Å². The first-order valence-corrected chi connectivity index (χ1v) is 8.56. The van der Waals surface area contributed by atoms with Crippen molar-refractivity contribution in [1.82, 2.24) is 10.2 Å². The molecule has 0 unspecified atom stereocenters. The smallest absolute Gasteiger partial charge is 0.313 e. The van der Waals surface area contributed by atoms with Gasteiger partial charge in [0, 0.05) is 18.8 Å². The maximum atomic E-state index is 12.0. The number of benzene rings is 2. The van der Waals surface area contributed by atoms with Gasteiger partial charge in [-0.05, 0) is 36.3 Å². The van der Waals surface area contributed by atoms with Gasteiger partial charge in [0.25, 0.3) is 0 Å². The number of amides is 2. The molecule has 2 rings (SSSR count). The van der Waals surface area contributed by atoms with Gasteiger partial charge in [-0.2, -0.15) is 0 Å². The van der Waals surface area contributed by atoms with Gasteiger partial charge in [0.05, 0.1) is 0 Å². The Kier molecular flexibility index (Phi) is 7.16. The number of anilines is 1. The molecule has 2 aromatic carbocycles. The van der Waals surface area contributed by atoms with Crippen LogP contribution in [0, 0.1) is 0 Å². The van der Waals surface area contributed by atoms with Gasteiger partial charge in [-0.1, -0.05) is 56.3 Å². The van der Waals surface area contributed by atoms with Crippen LogP contribution in [0.5, 0.6) is 0 Å². The summed E-state index contributed by atoms with van der Waals surface area (Å²) >= 11 is 0. The molecule has 25 heavy (non-hydrogen) atoms. The molecule has 5 heteroatoms. The lowest BCUT2D eigenvalue weighted by Gasteiger charge is -2.18. The molecule has 0 fully saturated rings. The van der Waals surface area contributed by atoms with E-state index >= 15 is 0 Å². The second-order valence-electron chi connectivity index (χ2n) is 5.78. The van der Waals surface area contributed by atoms with Crippen LogP contribution < -0.4 is 10.6 Å². The molecule has 0 radical (unpaired) electrons. The van der Waals surface area contributed by atoms with Gasteiger partial charge in [-0.15, -0.1) is 0 Å². The summed E-state index contributed by atoms with van der Waals surface area (Å²) in [5, 5.41) is 5.28. The van der Waals surface area contributed by atoms with E-state index in [9.17, 15) is 9.59 Å². The number of hydrogen-bond acceptors (Lipinski definition) is 3. The molecule has 0 aliphatic rings. The van der Waals surface area contributed by atoms with E-state index in [1.807, 2.05) is 48.5 Å². The molecule has 0 atom stereocenters. The highest BCUT2D eigenvalue weighted by Crippen LogP contribution is 2.12. The number of nitrogens with one attached hydrogen (secondary N) is 2. The van der Waals surface area contributed by atoms with Gasteiger partial charge in [-0.3, -0.25) is 14.5 Å². The molecule has 5 nitrogen and oxygen atoms in total. The minimum Gasteiger partial charge on any atom is -0.344 e. The molecular formula is C20H25N3O2. The Bertz CT molecular complexity index is 697. The molecular weight excluding hydrogens is 314 g/mol. The van der Waals surface area contributed by atoms with Gasteiger partial charge in [-0.25, -0.2) is 0 Å². The van der Waals surface area contributed by atoms with Crippen LogP contribution in [0.15, 0.2) is 54.6 Å². The van der Waals surface area contributed by atoms with Crippen molar-refractivity contribution in [3.8, 4) is 0 Å². The van der Waals surface area contributed by atoms with Crippen molar-refractivity contribution >= 4 is 17.5 Å². The molecule has 2 amide bonds. The molecule has 0 saturated carbocycles. The zero-order valence-electron chi connectivity index (χ0n) is 14.8. The molecule has 2 N–H and O–H groups in total. The largest absolute Gasteiger partial charge is 0.344 e. The normalized spacial score (nSPS) is 10.5. The summed E-state index contributed by atoms with van der Waals surface area (Å²) < 4.78 is 0. The molecule has 2 aromatic rings. The van der Waals surface area contributed by atoms with E-state index in [-0.39, 0.29) is 0 Å². The Morgan fingerprint density at radius 3 is 2.24 bits per heavy atom. The summed E-state index contributed by atoms with van der Waals surface area (Å²) in [5.41, 5.74) is 2.68. The lowest BCUT2D eigenvalue weighted by atomic mass is 10.2. The topological polar surface area (TPSA) is 61.4 Å². The van der Waals surface area contributed by atoms with Gasteiger partial charge in [0.15, 0.2) is 0 Å². The molecule has 0 aliphatic carbocycles. The average Bonchev–Trinajstić information content (AvgIpc) is 2.65. The maximum absolute atomic E-state index is 12.0. The van der Waals surface area contributed by atoms with Gasteiger partial charge in [0.2, 0.25) is 0 Å². The van der Waals surface area contributed by atoms with E-state index in [4.69, 9.17) is 0 Å². The molecule has 0 heterocycles. The third kappa shape index (κ3) is 6.04. The van der Waals surface area contributed by atoms with Crippen LogP contribution in [0.3, 0.4) is 0 Å². The number of carbonyl (C=O) groups is 2. The third-order valence-electron chi connectivity index (χ3n) is 3.99. The second kappa shape index (κ2) is 9.59. The van der Waals surface area contributed by atoms with E-state index in [0.717, 1.165) is 30.8 Å². The van der Waals surface area contributed by atoms with E-state index in [1.54, 1.807) is 6.07 Å². The van der Waals surface area contributed by atoms with Crippen LogP contribution in [0.2, 0.25) is 0 Å². The molecule has 0 saturated heterocycles. The van der Waals surface area contributed by atoms with Crippen LogP contribution in [0.1, 0.15) is 25.0 Å². The SMILES string of the molecule is CCN(CC)Cc1cccc(NC(=O)C(=O)NCc2ccccc2)c1. The predicted octanol–water partition coefficient (Wildman–Crippen LogP) is 2.78. The first-order chi connectivity index (χ1) is 12.1. The standard InChI is InChI=1S/C20H25N3O2/c1-3-23(4-2)15-17-11-8-12-18(13-17)22-20(25)19(24)21-14-16-9-6-5-7-10-16/h5-13H,3-4,14-15H2,1-2H3,(H,21,24)(H,22,25). The molecule has 132 valence electrons. The summed E-state index contributed by atoms with van der Waals surface area (Å²) in [6, 6.07) is 17.1. The quantitative estimate of drug-likeness (QED) is 0.763. The average molecular weight is 339 g/mol. The fourth-order valence-electron chi connectivity index (χ4n) is 2.50. The fourth-order valence-corrected chi connectivity index (χ4v) is 2.50. The number of rotatable bonds is 7. The zero-order chi connectivity index (χ0) is 18.1. The number of hydrogen-bond donors (Lipinski definition) is 2. The van der Waals surface area contributed by atoms with Crippen molar-refractivity contribution in [3.63, 3.8) is 0 Å².